The van der Waals surface area contributed by atoms with Crippen molar-refractivity contribution >= 4 is 38.5 Å². The number of methoxy groups -OCH3 is 1. The van der Waals surface area contributed by atoms with Gasteiger partial charge in [-0.15, -0.1) is 0 Å². The van der Waals surface area contributed by atoms with Gasteiger partial charge in [-0.3, -0.25) is 4.79 Å². The molecule has 0 radical (unpaired) electrons. The Morgan fingerprint density at radius 1 is 0.905 bits per heavy atom. The number of para-hydroxylation sites is 1. The van der Waals surface area contributed by atoms with Gasteiger partial charge in [0.1, 0.15) is 11.5 Å². The summed E-state index contributed by atoms with van der Waals surface area (Å²) in [5.74, 6) is -0.396. The Balaban J connectivity index is 1.45. The van der Waals surface area contributed by atoms with Crippen molar-refractivity contribution in [1.29, 1.82) is 0 Å². The highest BCUT2D eigenvalue weighted by Crippen LogP contribution is 2.34. The molecule has 7 nitrogen and oxygen atoms in total. The normalized spacial score (nSPS) is 12.6. The molecule has 1 amide bonds. The second-order valence-corrected chi connectivity index (χ2v) is 11.2. The van der Waals surface area contributed by atoms with Gasteiger partial charge in [0, 0.05) is 27.4 Å². The van der Waals surface area contributed by atoms with Crippen LogP contribution in [-0.4, -0.2) is 31.9 Å². The number of halogens is 4. The van der Waals surface area contributed by atoms with Gasteiger partial charge in [0.05, 0.1) is 13.2 Å². The molecule has 1 atom stereocenters. The van der Waals surface area contributed by atoms with Crippen LogP contribution in [0.1, 0.15) is 27.7 Å². The maximum atomic E-state index is 13.6. The Morgan fingerprint density at radius 2 is 1.64 bits per heavy atom. The fourth-order valence-electron chi connectivity index (χ4n) is 4.44. The molecule has 2 N–H and O–H groups in total. The molecule has 0 aliphatic rings. The van der Waals surface area contributed by atoms with Crippen LogP contribution in [-0.2, 0) is 10.1 Å². The summed E-state index contributed by atoms with van der Waals surface area (Å²) >= 11 is 6.32. The van der Waals surface area contributed by atoms with Gasteiger partial charge in [-0.2, -0.15) is 21.6 Å². The van der Waals surface area contributed by atoms with E-state index in [1.807, 2.05) is 30.3 Å². The van der Waals surface area contributed by atoms with Crippen molar-refractivity contribution in [2.24, 2.45) is 0 Å². The summed E-state index contributed by atoms with van der Waals surface area (Å²) in [7, 11) is -4.27. The van der Waals surface area contributed by atoms with E-state index >= 15 is 0 Å². The monoisotopic (exact) mass is 614 g/mol. The fraction of sp³-hybridized carbons (Fsp3) is 0.100. The molecule has 0 saturated carbocycles. The maximum absolute atomic E-state index is 13.6. The Morgan fingerprint density at radius 3 is 2.33 bits per heavy atom. The third-order valence-corrected chi connectivity index (χ3v) is 7.66. The predicted octanol–water partition coefficient (Wildman–Crippen LogP) is 7.24. The van der Waals surface area contributed by atoms with Gasteiger partial charge in [0.2, 0.25) is 0 Å². The topological polar surface area (TPSA) is 97.5 Å². The summed E-state index contributed by atoms with van der Waals surface area (Å²) in [4.78, 5) is 16.9. The second kappa shape index (κ2) is 11.4. The molecule has 216 valence electrons. The molecule has 0 bridgehead atoms. The number of ether oxygens (including phenoxy) is 1. The minimum Gasteiger partial charge on any atom is -0.496 e. The molecule has 1 heterocycles. The van der Waals surface area contributed by atoms with Crippen molar-refractivity contribution in [2.45, 2.75) is 11.6 Å². The van der Waals surface area contributed by atoms with E-state index in [-0.39, 0.29) is 0 Å². The highest BCUT2D eigenvalue weighted by molar-refractivity contribution is 7.88. The van der Waals surface area contributed by atoms with E-state index in [1.165, 1.54) is 19.2 Å². The predicted molar refractivity (Wildman–Crippen MR) is 153 cm³/mol. The molecule has 4 aromatic carbocycles. The first kappa shape index (κ1) is 29.0. The molecule has 0 aliphatic carbocycles. The Labute approximate surface area is 244 Å². The SMILES string of the molecule is COc1ccc(Cl)cc1[C@@H](NC(=O)c1cccc(-c2ccc(OS(=O)(=O)C(F)(F)F)cc2)c1)c1cc2ccccc2[nH]1. The molecule has 0 unspecified atom stereocenters. The third-order valence-electron chi connectivity index (χ3n) is 6.44. The van der Waals surface area contributed by atoms with Crippen molar-refractivity contribution < 1.29 is 35.3 Å². The summed E-state index contributed by atoms with van der Waals surface area (Å²) in [5.41, 5.74) is -1.95. The number of aromatic nitrogens is 1. The van der Waals surface area contributed by atoms with Crippen molar-refractivity contribution in [3.63, 3.8) is 0 Å². The lowest BCUT2D eigenvalue weighted by atomic mass is 10.00. The number of carbonyl (C=O) groups is 1. The van der Waals surface area contributed by atoms with E-state index < -0.39 is 33.3 Å². The van der Waals surface area contributed by atoms with Gasteiger partial charge in [0.15, 0.2) is 0 Å². The quantitative estimate of drug-likeness (QED) is 0.142. The number of benzene rings is 4. The van der Waals surface area contributed by atoms with Gasteiger partial charge in [-0.25, -0.2) is 0 Å². The number of carbonyl (C=O) groups excluding carboxylic acids is 1. The number of alkyl halides is 3. The lowest BCUT2D eigenvalue weighted by Crippen LogP contribution is -2.30. The van der Waals surface area contributed by atoms with E-state index in [2.05, 4.69) is 14.5 Å². The average Bonchev–Trinajstić information content (AvgIpc) is 3.39. The number of amides is 1. The van der Waals surface area contributed by atoms with Gasteiger partial charge >= 0.3 is 15.6 Å². The maximum Gasteiger partial charge on any atom is 0.534 e. The van der Waals surface area contributed by atoms with Crippen molar-refractivity contribution in [2.75, 3.05) is 7.11 Å². The van der Waals surface area contributed by atoms with E-state index in [1.54, 1.807) is 42.5 Å². The molecule has 5 aromatic rings. The smallest absolute Gasteiger partial charge is 0.496 e. The van der Waals surface area contributed by atoms with Gasteiger partial charge in [-0.1, -0.05) is 54.1 Å². The molecular formula is C30H22ClF3N2O5S. The minimum atomic E-state index is -5.79. The third kappa shape index (κ3) is 6.07. The number of aromatic amines is 1. The number of H-pyrrole nitrogens is 1. The van der Waals surface area contributed by atoms with Crippen molar-refractivity contribution in [3.8, 4) is 22.6 Å². The second-order valence-electron chi connectivity index (χ2n) is 9.19. The minimum absolute atomic E-state index is 0.301. The van der Waals surface area contributed by atoms with Crippen LogP contribution < -0.4 is 14.2 Å². The molecule has 12 heteroatoms. The highest BCUT2D eigenvalue weighted by atomic mass is 35.5. The summed E-state index contributed by atoms with van der Waals surface area (Å²) < 4.78 is 70.2. The summed E-state index contributed by atoms with van der Waals surface area (Å²) in [6.07, 6.45) is 0. The van der Waals surface area contributed by atoms with Crippen molar-refractivity contribution in [1.82, 2.24) is 10.3 Å². The largest absolute Gasteiger partial charge is 0.534 e. The number of hydrogen-bond donors (Lipinski definition) is 2. The van der Waals surface area contributed by atoms with E-state index in [0.717, 1.165) is 23.0 Å². The lowest BCUT2D eigenvalue weighted by Gasteiger charge is -2.21. The molecular weight excluding hydrogens is 593 g/mol. The lowest BCUT2D eigenvalue weighted by molar-refractivity contribution is -0.0500. The van der Waals surface area contributed by atoms with E-state index in [9.17, 15) is 26.4 Å². The summed E-state index contributed by atoms with van der Waals surface area (Å²) in [6, 6.07) is 25.6. The molecule has 5 rings (SSSR count). The zero-order valence-electron chi connectivity index (χ0n) is 21.8. The average molecular weight is 615 g/mol. The van der Waals surface area contributed by atoms with Gasteiger partial charge < -0.3 is 19.2 Å². The van der Waals surface area contributed by atoms with Crippen LogP contribution in [0.25, 0.3) is 22.0 Å². The van der Waals surface area contributed by atoms with E-state index in [4.69, 9.17) is 16.3 Å². The Bertz CT molecular complexity index is 1840. The molecule has 0 saturated heterocycles. The fourth-order valence-corrected chi connectivity index (χ4v) is 5.08. The van der Waals surface area contributed by atoms with Gasteiger partial charge in [-0.05, 0) is 71.1 Å². The first-order valence-electron chi connectivity index (χ1n) is 12.4. The standard InChI is InChI=1S/C30H22ClF3N2O5S/c1-40-27-14-11-22(31)17-24(27)28(26-16-20-5-2-3-8-25(20)35-26)36-29(37)21-7-4-6-19(15-21)18-9-12-23(13-10-18)41-42(38,39)30(32,33)34/h2-17,28,35H,1H3,(H,36,37)/t28-/m1/s1. The van der Waals surface area contributed by atoms with Crippen LogP contribution in [0.15, 0.2) is 97.1 Å². The van der Waals surface area contributed by atoms with Crippen LogP contribution >= 0.6 is 11.6 Å². The molecule has 0 spiro atoms. The number of fused-ring (bicyclic) bond motifs is 1. The molecule has 1 aromatic heterocycles. The molecule has 42 heavy (non-hydrogen) atoms. The van der Waals surface area contributed by atoms with Crippen LogP contribution in [0.2, 0.25) is 5.02 Å². The molecule has 0 aliphatic heterocycles. The number of hydrogen-bond acceptors (Lipinski definition) is 5. The number of nitrogens with one attached hydrogen (secondary N) is 2. The zero-order chi connectivity index (χ0) is 30.1. The highest BCUT2D eigenvalue weighted by Gasteiger charge is 2.48. The van der Waals surface area contributed by atoms with Crippen LogP contribution in [0.3, 0.4) is 0 Å². The summed E-state index contributed by atoms with van der Waals surface area (Å²) in [6.45, 7) is 0. The van der Waals surface area contributed by atoms with Crippen LogP contribution in [0.4, 0.5) is 13.2 Å². The first-order chi connectivity index (χ1) is 19.9. The summed E-state index contributed by atoms with van der Waals surface area (Å²) in [5, 5.41) is 4.46. The number of rotatable bonds is 8. The molecule has 0 fully saturated rings. The van der Waals surface area contributed by atoms with Gasteiger partial charge in [0.25, 0.3) is 5.91 Å². The van der Waals surface area contributed by atoms with E-state index in [0.29, 0.717) is 38.7 Å². The van der Waals surface area contributed by atoms with Crippen molar-refractivity contribution in [3.05, 3.63) is 119 Å². The van der Waals surface area contributed by atoms with Crippen LogP contribution in [0.5, 0.6) is 11.5 Å². The Kier molecular flexibility index (Phi) is 7.89. The first-order valence-corrected chi connectivity index (χ1v) is 14.2. The Hall–Kier alpha value is -4.48. The zero-order valence-corrected chi connectivity index (χ0v) is 23.3. The van der Waals surface area contributed by atoms with Crippen LogP contribution in [0, 0.1) is 0 Å².